The van der Waals surface area contributed by atoms with E-state index in [-0.39, 0.29) is 18.1 Å². The topological polar surface area (TPSA) is 61.8 Å². The first-order valence-corrected chi connectivity index (χ1v) is 9.74. The fourth-order valence-corrected chi connectivity index (χ4v) is 3.82. The summed E-state index contributed by atoms with van der Waals surface area (Å²) in [5, 5.41) is 0. The van der Waals surface area contributed by atoms with Crippen LogP contribution < -0.4 is 9.47 Å². The van der Waals surface area contributed by atoms with Crippen LogP contribution in [-0.2, 0) is 22.4 Å². The summed E-state index contributed by atoms with van der Waals surface area (Å²) in [6, 6.07) is 11.2. The van der Waals surface area contributed by atoms with Crippen molar-refractivity contribution in [2.24, 2.45) is 0 Å². The summed E-state index contributed by atoms with van der Waals surface area (Å²) < 4.78 is 15.5. The lowest BCUT2D eigenvalue weighted by Gasteiger charge is -2.09. The molecule has 0 saturated carbocycles. The van der Waals surface area contributed by atoms with Crippen LogP contribution in [0.1, 0.15) is 27.9 Å². The summed E-state index contributed by atoms with van der Waals surface area (Å²) in [6.07, 6.45) is 3.44. The van der Waals surface area contributed by atoms with E-state index in [0.717, 1.165) is 17.7 Å². The molecule has 1 aliphatic carbocycles. The van der Waals surface area contributed by atoms with Crippen LogP contribution in [0.4, 0.5) is 0 Å². The Bertz CT molecular complexity index is 846. The van der Waals surface area contributed by atoms with Gasteiger partial charge in [-0.25, -0.2) is 0 Å². The molecule has 0 fully saturated rings. The van der Waals surface area contributed by atoms with E-state index in [1.54, 1.807) is 18.2 Å². The number of aryl methyl sites for hydroxylation is 2. The van der Waals surface area contributed by atoms with E-state index in [1.807, 2.05) is 6.07 Å². The number of carbonyl (C=O) groups excluding carboxylic acids is 2. The van der Waals surface area contributed by atoms with E-state index < -0.39 is 5.97 Å². The van der Waals surface area contributed by atoms with E-state index in [9.17, 15) is 9.59 Å². The highest BCUT2D eigenvalue weighted by Gasteiger charge is 2.15. The number of rotatable bonds is 8. The minimum Gasteiger partial charge on any atom is -0.493 e. The number of hydrogen-bond donors (Lipinski definition) is 0. The van der Waals surface area contributed by atoms with Crippen molar-refractivity contribution in [2.45, 2.75) is 24.2 Å². The van der Waals surface area contributed by atoms with Gasteiger partial charge in [-0.05, 0) is 60.7 Å². The lowest BCUT2D eigenvalue weighted by Crippen LogP contribution is -2.15. The van der Waals surface area contributed by atoms with Gasteiger partial charge in [-0.15, -0.1) is 11.8 Å². The smallest absolute Gasteiger partial charge is 0.316 e. The maximum Gasteiger partial charge on any atom is 0.316 e. The quantitative estimate of drug-likeness (QED) is 0.392. The Hall–Kier alpha value is -2.47. The minimum atomic E-state index is -0.408. The summed E-state index contributed by atoms with van der Waals surface area (Å²) in [4.78, 5) is 25.3. The second kappa shape index (κ2) is 8.95. The molecular formula is C21H22O5S. The van der Waals surface area contributed by atoms with Gasteiger partial charge in [-0.1, -0.05) is 6.07 Å². The van der Waals surface area contributed by atoms with Crippen LogP contribution in [0.3, 0.4) is 0 Å². The van der Waals surface area contributed by atoms with Crippen LogP contribution in [0, 0.1) is 0 Å². The maximum atomic E-state index is 12.2. The number of carbonyl (C=O) groups is 2. The Morgan fingerprint density at radius 3 is 2.52 bits per heavy atom. The molecule has 0 aromatic heterocycles. The summed E-state index contributed by atoms with van der Waals surface area (Å²) in [5.41, 5.74) is 3.19. The lowest BCUT2D eigenvalue weighted by atomic mass is 10.1. The number of ether oxygens (including phenoxy) is 3. The molecule has 1 aliphatic rings. The highest BCUT2D eigenvalue weighted by Crippen LogP contribution is 2.28. The number of esters is 1. The van der Waals surface area contributed by atoms with Crippen molar-refractivity contribution >= 4 is 23.5 Å². The number of benzene rings is 2. The summed E-state index contributed by atoms with van der Waals surface area (Å²) in [6.45, 7) is -0.293. The Kier molecular flexibility index (Phi) is 6.40. The van der Waals surface area contributed by atoms with E-state index in [4.69, 9.17) is 14.2 Å². The molecule has 0 radical (unpaired) electrons. The zero-order valence-corrected chi connectivity index (χ0v) is 16.3. The van der Waals surface area contributed by atoms with E-state index in [0.29, 0.717) is 17.1 Å². The molecule has 0 spiro atoms. The molecule has 0 unspecified atom stereocenters. The number of Topliss-reactive ketones (excluding diaryl/α,β-unsaturated/α-hetero) is 1. The third-order valence-electron chi connectivity index (χ3n) is 4.50. The molecule has 27 heavy (non-hydrogen) atoms. The van der Waals surface area contributed by atoms with E-state index >= 15 is 0 Å². The normalized spacial score (nSPS) is 12.4. The molecule has 6 heteroatoms. The zero-order valence-electron chi connectivity index (χ0n) is 15.4. The largest absolute Gasteiger partial charge is 0.493 e. The minimum absolute atomic E-state index is 0.179. The standard InChI is InChI=1S/C21H22O5S/c1-24-19-9-7-16(11-20(19)25-2)18(22)12-26-21(23)13-27-17-8-6-14-4-3-5-15(14)10-17/h6-11H,3-5,12-13H2,1-2H3. The van der Waals surface area contributed by atoms with Gasteiger partial charge in [0.2, 0.25) is 0 Å². The van der Waals surface area contributed by atoms with Crippen molar-refractivity contribution in [3.63, 3.8) is 0 Å². The van der Waals surface area contributed by atoms with Gasteiger partial charge < -0.3 is 14.2 Å². The van der Waals surface area contributed by atoms with Crippen molar-refractivity contribution in [3.8, 4) is 11.5 Å². The molecule has 142 valence electrons. The average Bonchev–Trinajstić information content (AvgIpc) is 3.17. The summed E-state index contributed by atoms with van der Waals surface area (Å²) in [7, 11) is 3.03. The SMILES string of the molecule is COc1ccc(C(=O)COC(=O)CSc2ccc3c(c2)CCC3)cc1OC. The summed E-state index contributed by atoms with van der Waals surface area (Å²) in [5.74, 6) is 0.484. The van der Waals surface area contributed by atoms with Gasteiger partial charge in [0, 0.05) is 10.5 Å². The molecule has 0 N–H and O–H groups in total. The Balaban J connectivity index is 1.49. The van der Waals surface area contributed by atoms with Crippen LogP contribution in [0.2, 0.25) is 0 Å². The number of fused-ring (bicyclic) bond motifs is 1. The van der Waals surface area contributed by atoms with Gasteiger partial charge in [-0.2, -0.15) is 0 Å². The number of ketones is 1. The van der Waals surface area contributed by atoms with Crippen LogP contribution in [0.5, 0.6) is 11.5 Å². The molecule has 0 bridgehead atoms. The lowest BCUT2D eigenvalue weighted by molar-refractivity contribution is -0.139. The first-order chi connectivity index (χ1) is 13.1. The van der Waals surface area contributed by atoms with Crippen molar-refractivity contribution in [1.82, 2.24) is 0 Å². The van der Waals surface area contributed by atoms with Crippen molar-refractivity contribution in [3.05, 3.63) is 53.1 Å². The van der Waals surface area contributed by atoms with Crippen LogP contribution >= 0.6 is 11.8 Å². The number of thioether (sulfide) groups is 1. The Labute approximate surface area is 163 Å². The predicted octanol–water partition coefficient (Wildman–Crippen LogP) is 3.71. The molecule has 2 aromatic carbocycles. The second-order valence-corrected chi connectivity index (χ2v) is 7.28. The molecule has 0 amide bonds. The average molecular weight is 386 g/mol. The third-order valence-corrected chi connectivity index (χ3v) is 5.46. The molecule has 5 nitrogen and oxygen atoms in total. The van der Waals surface area contributed by atoms with Crippen molar-refractivity contribution in [2.75, 3.05) is 26.6 Å². The first-order valence-electron chi connectivity index (χ1n) is 8.76. The monoisotopic (exact) mass is 386 g/mol. The highest BCUT2D eigenvalue weighted by molar-refractivity contribution is 8.00. The molecule has 0 saturated heterocycles. The number of hydrogen-bond acceptors (Lipinski definition) is 6. The van der Waals surface area contributed by atoms with Crippen LogP contribution in [0.25, 0.3) is 0 Å². The Morgan fingerprint density at radius 2 is 1.74 bits per heavy atom. The van der Waals surface area contributed by atoms with Gasteiger partial charge in [0.15, 0.2) is 23.9 Å². The third kappa shape index (κ3) is 4.83. The van der Waals surface area contributed by atoms with Crippen molar-refractivity contribution < 1.29 is 23.8 Å². The molecule has 0 aliphatic heterocycles. The molecule has 0 atom stereocenters. The van der Waals surface area contributed by atoms with Crippen molar-refractivity contribution in [1.29, 1.82) is 0 Å². The molecule has 3 rings (SSSR count). The van der Waals surface area contributed by atoms with Gasteiger partial charge >= 0.3 is 5.97 Å². The molecular weight excluding hydrogens is 364 g/mol. The van der Waals surface area contributed by atoms with Crippen LogP contribution in [0.15, 0.2) is 41.3 Å². The first kappa shape index (κ1) is 19.3. The fourth-order valence-electron chi connectivity index (χ4n) is 3.06. The predicted molar refractivity (Wildman–Crippen MR) is 104 cm³/mol. The van der Waals surface area contributed by atoms with E-state index in [1.165, 1.54) is 43.5 Å². The van der Waals surface area contributed by atoms with Crippen LogP contribution in [-0.4, -0.2) is 38.3 Å². The van der Waals surface area contributed by atoms with E-state index in [2.05, 4.69) is 12.1 Å². The van der Waals surface area contributed by atoms with Gasteiger partial charge in [-0.3, -0.25) is 9.59 Å². The highest BCUT2D eigenvalue weighted by atomic mass is 32.2. The fraction of sp³-hybridized carbons (Fsp3) is 0.333. The Morgan fingerprint density at radius 1 is 0.963 bits per heavy atom. The zero-order chi connectivity index (χ0) is 19.2. The van der Waals surface area contributed by atoms with Gasteiger partial charge in [0.1, 0.15) is 0 Å². The molecule has 0 heterocycles. The van der Waals surface area contributed by atoms with Gasteiger partial charge in [0.25, 0.3) is 0 Å². The summed E-state index contributed by atoms with van der Waals surface area (Å²) >= 11 is 1.43. The number of methoxy groups -OCH3 is 2. The maximum absolute atomic E-state index is 12.2. The molecule has 2 aromatic rings. The van der Waals surface area contributed by atoms with Gasteiger partial charge in [0.05, 0.1) is 20.0 Å². The second-order valence-electron chi connectivity index (χ2n) is 6.23.